The molecule has 0 aromatic carbocycles. The lowest BCUT2D eigenvalue weighted by Gasteiger charge is -2.49. The topological polar surface area (TPSA) is 93.2 Å². The van der Waals surface area contributed by atoms with Crippen molar-refractivity contribution in [2.24, 2.45) is 12.5 Å². The number of aliphatic hydroxyl groups excluding tert-OH is 1. The molecule has 2 atom stereocenters. The van der Waals surface area contributed by atoms with Gasteiger partial charge in [0.2, 0.25) is 0 Å². The highest BCUT2D eigenvalue weighted by Crippen LogP contribution is 2.40. The van der Waals surface area contributed by atoms with Gasteiger partial charge in [0.05, 0.1) is 17.5 Å². The second-order valence-corrected chi connectivity index (χ2v) is 5.57. The number of anilines is 1. The van der Waals surface area contributed by atoms with Crippen molar-refractivity contribution in [3.05, 3.63) is 11.4 Å². The molecule has 0 radical (unpaired) electrons. The van der Waals surface area contributed by atoms with Crippen molar-refractivity contribution in [2.45, 2.75) is 39.3 Å². The van der Waals surface area contributed by atoms with Gasteiger partial charge in [-0.3, -0.25) is 9.48 Å². The summed E-state index contributed by atoms with van der Waals surface area (Å²) < 4.78 is 1.49. The van der Waals surface area contributed by atoms with Gasteiger partial charge in [0.1, 0.15) is 5.69 Å². The van der Waals surface area contributed by atoms with Crippen LogP contribution < -0.4 is 11.1 Å². The maximum atomic E-state index is 12.2. The number of aliphatic hydroxyl groups is 1. The van der Waals surface area contributed by atoms with Gasteiger partial charge in [-0.1, -0.05) is 13.8 Å². The second kappa shape index (κ2) is 3.98. The fraction of sp³-hybridized carbons (Fsp3) is 0.667. The van der Waals surface area contributed by atoms with E-state index in [-0.39, 0.29) is 23.5 Å². The number of hydrogen-bond donors (Lipinski definition) is 3. The molecule has 0 saturated heterocycles. The molecule has 18 heavy (non-hydrogen) atoms. The normalized spacial score (nSPS) is 25.6. The Bertz CT molecular complexity index is 493. The summed E-state index contributed by atoms with van der Waals surface area (Å²) in [5, 5.41) is 16.7. The number of aromatic nitrogens is 2. The number of carbonyl (C=O) groups excluding carboxylic acids is 1. The molecule has 1 heterocycles. The first-order valence-electron chi connectivity index (χ1n) is 6.03. The van der Waals surface area contributed by atoms with E-state index in [1.807, 2.05) is 13.8 Å². The molecule has 2 rings (SSSR count). The summed E-state index contributed by atoms with van der Waals surface area (Å²) in [6.45, 7) is 5.64. The third-order valence-corrected chi connectivity index (χ3v) is 4.00. The number of nitrogens with one attached hydrogen (secondary N) is 1. The average molecular weight is 252 g/mol. The highest BCUT2D eigenvalue weighted by atomic mass is 16.3. The number of nitrogen functional groups attached to an aromatic ring is 1. The average Bonchev–Trinajstić information content (AvgIpc) is 2.52. The molecule has 6 nitrogen and oxygen atoms in total. The summed E-state index contributed by atoms with van der Waals surface area (Å²) in [5.74, 6) is -0.236. The Labute approximate surface area is 106 Å². The van der Waals surface area contributed by atoms with Crippen LogP contribution in [0, 0.1) is 12.3 Å². The van der Waals surface area contributed by atoms with Crippen molar-refractivity contribution < 1.29 is 9.90 Å². The smallest absolute Gasteiger partial charge is 0.271 e. The highest BCUT2D eigenvalue weighted by Gasteiger charge is 2.48. The van der Waals surface area contributed by atoms with Crippen molar-refractivity contribution in [1.82, 2.24) is 15.1 Å². The Morgan fingerprint density at radius 1 is 1.61 bits per heavy atom. The predicted octanol–water partition coefficient (Wildman–Crippen LogP) is 0.200. The molecular formula is C12H20N4O2. The maximum Gasteiger partial charge on any atom is 0.271 e. The lowest BCUT2D eigenvalue weighted by molar-refractivity contribution is -0.0690. The number of aryl methyl sites for hydroxylation is 2. The molecule has 0 aliphatic heterocycles. The number of carbonyl (C=O) groups is 1. The van der Waals surface area contributed by atoms with Gasteiger partial charge in [-0.15, -0.1) is 0 Å². The van der Waals surface area contributed by atoms with Crippen LogP contribution >= 0.6 is 0 Å². The van der Waals surface area contributed by atoms with E-state index in [9.17, 15) is 9.90 Å². The van der Waals surface area contributed by atoms with Crippen molar-refractivity contribution in [1.29, 1.82) is 0 Å². The molecule has 1 saturated carbocycles. The SMILES string of the molecule is Cc1nn(C)c(C(=O)NC2CC(O)C2(C)C)c1N. The van der Waals surface area contributed by atoms with Crippen LogP contribution in [0.4, 0.5) is 5.69 Å². The summed E-state index contributed by atoms with van der Waals surface area (Å²) >= 11 is 0. The third kappa shape index (κ3) is 1.77. The Kier molecular flexibility index (Phi) is 2.85. The van der Waals surface area contributed by atoms with Gasteiger partial charge < -0.3 is 16.2 Å². The molecule has 6 heteroatoms. The van der Waals surface area contributed by atoms with Crippen molar-refractivity contribution in [3.63, 3.8) is 0 Å². The van der Waals surface area contributed by atoms with E-state index >= 15 is 0 Å². The maximum absolute atomic E-state index is 12.2. The van der Waals surface area contributed by atoms with Crippen LogP contribution in [0.3, 0.4) is 0 Å². The molecule has 0 spiro atoms. The van der Waals surface area contributed by atoms with E-state index in [2.05, 4.69) is 10.4 Å². The summed E-state index contributed by atoms with van der Waals surface area (Å²) in [7, 11) is 1.69. The molecule has 1 aliphatic rings. The zero-order valence-corrected chi connectivity index (χ0v) is 11.2. The fourth-order valence-electron chi connectivity index (χ4n) is 2.32. The number of rotatable bonds is 2. The minimum absolute atomic E-state index is 0.0328. The quantitative estimate of drug-likeness (QED) is 0.701. The first-order valence-corrected chi connectivity index (χ1v) is 6.03. The Balaban J connectivity index is 2.14. The first-order chi connectivity index (χ1) is 8.25. The summed E-state index contributed by atoms with van der Waals surface area (Å²) in [6.07, 6.45) is 0.212. The monoisotopic (exact) mass is 252 g/mol. The minimum Gasteiger partial charge on any atom is -0.395 e. The zero-order valence-electron chi connectivity index (χ0n) is 11.2. The molecule has 0 bridgehead atoms. The Hall–Kier alpha value is -1.56. The first kappa shape index (κ1) is 12.9. The van der Waals surface area contributed by atoms with E-state index < -0.39 is 0 Å². The van der Waals surface area contributed by atoms with Gasteiger partial charge in [0.15, 0.2) is 0 Å². The molecule has 1 aromatic rings. The van der Waals surface area contributed by atoms with Crippen molar-refractivity contribution in [3.8, 4) is 0 Å². The predicted molar refractivity (Wildman–Crippen MR) is 68.0 cm³/mol. The van der Waals surface area contributed by atoms with Crippen LogP contribution in [0.2, 0.25) is 0 Å². The number of hydrogen-bond acceptors (Lipinski definition) is 4. The van der Waals surface area contributed by atoms with E-state index in [1.54, 1.807) is 14.0 Å². The fourth-order valence-corrected chi connectivity index (χ4v) is 2.32. The van der Waals surface area contributed by atoms with Gasteiger partial charge in [0.25, 0.3) is 5.91 Å². The number of nitrogens with zero attached hydrogens (tertiary/aromatic N) is 2. The second-order valence-electron chi connectivity index (χ2n) is 5.57. The summed E-state index contributed by atoms with van der Waals surface area (Å²) in [6, 6.07) is -0.0328. The van der Waals surface area contributed by atoms with Gasteiger partial charge in [-0.2, -0.15) is 5.10 Å². The lowest BCUT2D eigenvalue weighted by Crippen LogP contribution is -2.61. The van der Waals surface area contributed by atoms with Crippen LogP contribution in [-0.4, -0.2) is 32.9 Å². The van der Waals surface area contributed by atoms with Crippen LogP contribution in [-0.2, 0) is 7.05 Å². The van der Waals surface area contributed by atoms with Gasteiger partial charge in [-0.25, -0.2) is 0 Å². The standard InChI is InChI=1S/C12H20N4O2/c1-6-9(13)10(16(4)15-6)11(18)14-7-5-8(17)12(7,2)3/h7-8,17H,5,13H2,1-4H3,(H,14,18). The largest absolute Gasteiger partial charge is 0.395 e. The molecule has 1 aliphatic carbocycles. The van der Waals surface area contributed by atoms with Gasteiger partial charge in [-0.05, 0) is 13.3 Å². The number of amides is 1. The van der Waals surface area contributed by atoms with Crippen molar-refractivity contribution in [2.75, 3.05) is 5.73 Å². The molecule has 4 N–H and O–H groups in total. The third-order valence-electron chi connectivity index (χ3n) is 4.00. The molecule has 1 amide bonds. The zero-order chi connectivity index (χ0) is 13.7. The molecular weight excluding hydrogens is 232 g/mol. The Morgan fingerprint density at radius 2 is 2.22 bits per heavy atom. The van der Waals surface area contributed by atoms with Gasteiger partial charge in [0, 0.05) is 18.5 Å². The van der Waals surface area contributed by atoms with Crippen LogP contribution in [0.25, 0.3) is 0 Å². The summed E-state index contributed by atoms with van der Waals surface area (Å²) in [4.78, 5) is 12.2. The van der Waals surface area contributed by atoms with E-state index in [1.165, 1.54) is 4.68 Å². The van der Waals surface area contributed by atoms with Gasteiger partial charge >= 0.3 is 0 Å². The highest BCUT2D eigenvalue weighted by molar-refractivity contribution is 5.98. The lowest BCUT2D eigenvalue weighted by atomic mass is 9.64. The number of nitrogens with two attached hydrogens (primary N) is 1. The summed E-state index contributed by atoms with van der Waals surface area (Å²) in [5.41, 5.74) is 6.99. The van der Waals surface area contributed by atoms with Crippen LogP contribution in [0.1, 0.15) is 36.5 Å². The molecule has 1 aromatic heterocycles. The molecule has 1 fully saturated rings. The molecule has 100 valence electrons. The van der Waals surface area contributed by atoms with E-state index in [0.717, 1.165) is 0 Å². The van der Waals surface area contributed by atoms with Crippen LogP contribution in [0.5, 0.6) is 0 Å². The molecule has 2 unspecified atom stereocenters. The van der Waals surface area contributed by atoms with E-state index in [0.29, 0.717) is 23.5 Å². The minimum atomic E-state index is -0.367. The van der Waals surface area contributed by atoms with Crippen LogP contribution in [0.15, 0.2) is 0 Å². The van der Waals surface area contributed by atoms with E-state index in [4.69, 9.17) is 5.73 Å². The Morgan fingerprint density at radius 3 is 2.61 bits per heavy atom. The van der Waals surface area contributed by atoms with Crippen molar-refractivity contribution >= 4 is 11.6 Å².